The number of benzene rings is 2. The van der Waals surface area contributed by atoms with E-state index in [1.54, 1.807) is 0 Å². The van der Waals surface area contributed by atoms with E-state index in [1.807, 2.05) is 19.9 Å². The molecule has 0 fully saturated rings. The van der Waals surface area contributed by atoms with E-state index < -0.39 is 0 Å². The predicted molar refractivity (Wildman–Crippen MR) is 94.4 cm³/mol. The summed E-state index contributed by atoms with van der Waals surface area (Å²) in [5, 5.41) is 3.60. The minimum Gasteiger partial charge on any atom is -0.352 e. The third-order valence-corrected chi connectivity index (χ3v) is 3.72. The third kappa shape index (κ3) is 6.14. The van der Waals surface area contributed by atoms with Crippen LogP contribution in [0.3, 0.4) is 0 Å². The number of nitrogens with one attached hydrogen (secondary N) is 1. The maximum atomic E-state index is 5.63. The lowest BCUT2D eigenvalue weighted by atomic mass is 9.99. The second kappa shape index (κ2) is 10.2. The van der Waals surface area contributed by atoms with Gasteiger partial charge >= 0.3 is 0 Å². The summed E-state index contributed by atoms with van der Waals surface area (Å²) in [5.74, 6) is 0. The van der Waals surface area contributed by atoms with Gasteiger partial charge in [-0.05, 0) is 31.4 Å². The minimum absolute atomic E-state index is 0.202. The Morgan fingerprint density at radius 2 is 1.39 bits per heavy atom. The van der Waals surface area contributed by atoms with Crippen molar-refractivity contribution < 1.29 is 9.47 Å². The highest BCUT2D eigenvalue weighted by Gasteiger charge is 2.15. The SMILES string of the molecule is CCOC(CN[C@H](Cc1ccccc1)c1ccccc1)OCC. The molecular formula is C20H27NO2. The van der Waals surface area contributed by atoms with Crippen molar-refractivity contribution in [2.75, 3.05) is 19.8 Å². The maximum absolute atomic E-state index is 5.63. The molecular weight excluding hydrogens is 286 g/mol. The van der Waals surface area contributed by atoms with Crippen molar-refractivity contribution in [2.24, 2.45) is 0 Å². The van der Waals surface area contributed by atoms with Crippen molar-refractivity contribution in [3.8, 4) is 0 Å². The summed E-state index contributed by atoms with van der Waals surface area (Å²) in [7, 11) is 0. The molecule has 0 aromatic heterocycles. The van der Waals surface area contributed by atoms with E-state index in [-0.39, 0.29) is 12.3 Å². The van der Waals surface area contributed by atoms with Crippen molar-refractivity contribution >= 4 is 0 Å². The number of rotatable bonds is 10. The summed E-state index contributed by atoms with van der Waals surface area (Å²) in [5.41, 5.74) is 2.60. The maximum Gasteiger partial charge on any atom is 0.169 e. The Hall–Kier alpha value is -1.68. The van der Waals surface area contributed by atoms with Crippen LogP contribution in [0.4, 0.5) is 0 Å². The smallest absolute Gasteiger partial charge is 0.169 e. The molecule has 2 aromatic carbocycles. The quantitative estimate of drug-likeness (QED) is 0.674. The zero-order valence-electron chi connectivity index (χ0n) is 14.1. The van der Waals surface area contributed by atoms with E-state index in [1.165, 1.54) is 11.1 Å². The van der Waals surface area contributed by atoms with Crippen LogP contribution in [0.25, 0.3) is 0 Å². The van der Waals surface area contributed by atoms with Crippen LogP contribution >= 0.6 is 0 Å². The van der Waals surface area contributed by atoms with Gasteiger partial charge in [-0.15, -0.1) is 0 Å². The van der Waals surface area contributed by atoms with Gasteiger partial charge < -0.3 is 14.8 Å². The molecule has 0 amide bonds. The highest BCUT2D eigenvalue weighted by atomic mass is 16.7. The normalized spacial score (nSPS) is 12.5. The van der Waals surface area contributed by atoms with E-state index in [0.29, 0.717) is 19.8 Å². The molecule has 2 aromatic rings. The van der Waals surface area contributed by atoms with Crippen LogP contribution < -0.4 is 5.32 Å². The van der Waals surface area contributed by atoms with Crippen LogP contribution in [0, 0.1) is 0 Å². The van der Waals surface area contributed by atoms with Crippen molar-refractivity contribution in [3.63, 3.8) is 0 Å². The molecule has 0 unspecified atom stereocenters. The first-order valence-corrected chi connectivity index (χ1v) is 8.39. The number of hydrogen-bond acceptors (Lipinski definition) is 3. The van der Waals surface area contributed by atoms with E-state index in [9.17, 15) is 0 Å². The van der Waals surface area contributed by atoms with Gasteiger partial charge in [0, 0.05) is 25.8 Å². The molecule has 3 nitrogen and oxygen atoms in total. The molecule has 0 saturated carbocycles. The van der Waals surface area contributed by atoms with Gasteiger partial charge in [0.25, 0.3) is 0 Å². The van der Waals surface area contributed by atoms with Gasteiger partial charge in [-0.3, -0.25) is 0 Å². The molecule has 124 valence electrons. The highest BCUT2D eigenvalue weighted by Crippen LogP contribution is 2.18. The largest absolute Gasteiger partial charge is 0.352 e. The van der Waals surface area contributed by atoms with Crippen LogP contribution in [-0.4, -0.2) is 26.0 Å². The molecule has 0 saturated heterocycles. The number of hydrogen-bond donors (Lipinski definition) is 1. The molecule has 2 rings (SSSR count). The average Bonchev–Trinajstić information content (AvgIpc) is 2.60. The summed E-state index contributed by atoms with van der Waals surface area (Å²) >= 11 is 0. The molecule has 0 aliphatic rings. The monoisotopic (exact) mass is 313 g/mol. The molecule has 0 aliphatic carbocycles. The Kier molecular flexibility index (Phi) is 7.81. The van der Waals surface area contributed by atoms with Gasteiger partial charge in [0.2, 0.25) is 0 Å². The average molecular weight is 313 g/mol. The first-order chi connectivity index (χ1) is 11.3. The van der Waals surface area contributed by atoms with Crippen LogP contribution in [0.15, 0.2) is 60.7 Å². The molecule has 0 bridgehead atoms. The van der Waals surface area contributed by atoms with Crippen LogP contribution in [0.1, 0.15) is 31.0 Å². The molecule has 0 spiro atoms. The van der Waals surface area contributed by atoms with Gasteiger partial charge in [-0.2, -0.15) is 0 Å². The van der Waals surface area contributed by atoms with Gasteiger partial charge in [-0.1, -0.05) is 60.7 Å². The zero-order valence-corrected chi connectivity index (χ0v) is 14.1. The fourth-order valence-corrected chi connectivity index (χ4v) is 2.62. The summed E-state index contributed by atoms with van der Waals surface area (Å²) in [4.78, 5) is 0. The first kappa shape index (κ1) is 17.7. The molecule has 0 radical (unpaired) electrons. The second-order valence-corrected chi connectivity index (χ2v) is 5.40. The summed E-state index contributed by atoms with van der Waals surface area (Å²) in [6.07, 6.45) is 0.738. The molecule has 1 atom stereocenters. The number of ether oxygens (including phenoxy) is 2. The Balaban J connectivity index is 2.04. The lowest BCUT2D eigenvalue weighted by Gasteiger charge is -2.23. The van der Waals surface area contributed by atoms with Crippen molar-refractivity contribution in [1.82, 2.24) is 5.32 Å². The lowest BCUT2D eigenvalue weighted by molar-refractivity contribution is -0.133. The lowest BCUT2D eigenvalue weighted by Crippen LogP contribution is -2.35. The van der Waals surface area contributed by atoms with Gasteiger partial charge in [0.1, 0.15) is 0 Å². The molecule has 3 heteroatoms. The van der Waals surface area contributed by atoms with E-state index in [0.717, 1.165) is 6.42 Å². The van der Waals surface area contributed by atoms with Gasteiger partial charge in [0.05, 0.1) is 0 Å². The van der Waals surface area contributed by atoms with Crippen molar-refractivity contribution in [2.45, 2.75) is 32.6 Å². The fourth-order valence-electron chi connectivity index (χ4n) is 2.62. The van der Waals surface area contributed by atoms with Gasteiger partial charge in [0.15, 0.2) is 6.29 Å². The van der Waals surface area contributed by atoms with Crippen LogP contribution in [-0.2, 0) is 15.9 Å². The van der Waals surface area contributed by atoms with Gasteiger partial charge in [-0.25, -0.2) is 0 Å². The fraction of sp³-hybridized carbons (Fsp3) is 0.400. The van der Waals surface area contributed by atoms with Crippen LogP contribution in [0.2, 0.25) is 0 Å². The van der Waals surface area contributed by atoms with Crippen molar-refractivity contribution in [1.29, 1.82) is 0 Å². The summed E-state index contributed by atoms with van der Waals surface area (Å²) in [6, 6.07) is 21.3. The van der Waals surface area contributed by atoms with Crippen LogP contribution in [0.5, 0.6) is 0 Å². The molecule has 0 aliphatic heterocycles. The summed E-state index contributed by atoms with van der Waals surface area (Å²) < 4.78 is 11.3. The first-order valence-electron chi connectivity index (χ1n) is 8.39. The standard InChI is InChI=1S/C20H27NO2/c1-3-22-20(23-4-2)16-21-19(18-13-9-6-10-14-18)15-17-11-7-5-8-12-17/h5-14,19-21H,3-4,15-16H2,1-2H3/t19-/m1/s1. The van der Waals surface area contributed by atoms with E-state index >= 15 is 0 Å². The minimum atomic E-state index is -0.202. The van der Waals surface area contributed by atoms with E-state index in [4.69, 9.17) is 9.47 Å². The second-order valence-electron chi connectivity index (χ2n) is 5.40. The highest BCUT2D eigenvalue weighted by molar-refractivity contribution is 5.23. The Labute approximate surface area is 139 Å². The summed E-state index contributed by atoms with van der Waals surface area (Å²) in [6.45, 7) is 5.96. The Morgan fingerprint density at radius 3 is 1.96 bits per heavy atom. The molecule has 1 N–H and O–H groups in total. The van der Waals surface area contributed by atoms with E-state index in [2.05, 4.69) is 59.9 Å². The van der Waals surface area contributed by atoms with Crippen molar-refractivity contribution in [3.05, 3.63) is 71.8 Å². The zero-order chi connectivity index (χ0) is 16.3. The predicted octanol–water partition coefficient (Wildman–Crippen LogP) is 3.96. The molecule has 23 heavy (non-hydrogen) atoms. The molecule has 0 heterocycles. The Morgan fingerprint density at radius 1 is 0.826 bits per heavy atom. The Bertz CT molecular complexity index is 524. The third-order valence-electron chi connectivity index (χ3n) is 3.72. The topological polar surface area (TPSA) is 30.5 Å².